The fourth-order valence-electron chi connectivity index (χ4n) is 3.22. The molecule has 0 bridgehead atoms. The highest BCUT2D eigenvalue weighted by Crippen LogP contribution is 2.20. The summed E-state index contributed by atoms with van der Waals surface area (Å²) in [6.07, 6.45) is 7.55. The lowest BCUT2D eigenvalue weighted by molar-refractivity contribution is 0.102. The molecule has 154 valence electrons. The standard InChI is InChI=1S/C22H25IN2O3S/c1-16-7-8-18(15-21(16)23)22(26)25-19-9-11-20(12-10-19)29(27,28)24-14-13-17-5-3-2-4-6-17/h5,7-12,15,24H,2-4,6,13-14H2,1H3,(H,25,26). The van der Waals surface area contributed by atoms with E-state index in [2.05, 4.69) is 38.7 Å². The van der Waals surface area contributed by atoms with Gasteiger partial charge in [0.05, 0.1) is 4.90 Å². The van der Waals surface area contributed by atoms with Gasteiger partial charge in [0, 0.05) is 21.4 Å². The number of amides is 1. The first-order valence-corrected chi connectivity index (χ1v) is 12.3. The van der Waals surface area contributed by atoms with E-state index >= 15 is 0 Å². The lowest BCUT2D eigenvalue weighted by atomic mass is 9.97. The smallest absolute Gasteiger partial charge is 0.255 e. The number of halogens is 1. The molecule has 5 nitrogen and oxygen atoms in total. The van der Waals surface area contributed by atoms with Crippen LogP contribution >= 0.6 is 22.6 Å². The number of nitrogens with one attached hydrogen (secondary N) is 2. The van der Waals surface area contributed by atoms with Crippen molar-refractivity contribution in [2.24, 2.45) is 0 Å². The summed E-state index contributed by atoms with van der Waals surface area (Å²) in [5.41, 5.74) is 3.57. The van der Waals surface area contributed by atoms with Gasteiger partial charge in [-0.15, -0.1) is 0 Å². The van der Waals surface area contributed by atoms with E-state index in [1.54, 1.807) is 18.2 Å². The maximum absolute atomic E-state index is 12.5. The van der Waals surface area contributed by atoms with E-state index in [1.807, 2.05) is 19.1 Å². The summed E-state index contributed by atoms with van der Waals surface area (Å²) in [5, 5.41) is 2.80. The van der Waals surface area contributed by atoms with Crippen LogP contribution in [0.4, 0.5) is 5.69 Å². The molecule has 0 atom stereocenters. The van der Waals surface area contributed by atoms with Crippen molar-refractivity contribution in [3.8, 4) is 0 Å². The van der Waals surface area contributed by atoms with E-state index in [9.17, 15) is 13.2 Å². The van der Waals surface area contributed by atoms with E-state index in [0.717, 1.165) is 28.4 Å². The van der Waals surface area contributed by atoms with Gasteiger partial charge in [0.1, 0.15) is 0 Å². The first-order valence-electron chi connectivity index (χ1n) is 9.70. The van der Waals surface area contributed by atoms with Gasteiger partial charge in [-0.1, -0.05) is 17.7 Å². The molecule has 0 aliphatic heterocycles. The Kier molecular flexibility index (Phi) is 7.48. The van der Waals surface area contributed by atoms with Crippen molar-refractivity contribution in [2.75, 3.05) is 11.9 Å². The zero-order valence-corrected chi connectivity index (χ0v) is 19.3. The van der Waals surface area contributed by atoms with Crippen LogP contribution in [0.25, 0.3) is 0 Å². The van der Waals surface area contributed by atoms with Crippen molar-refractivity contribution < 1.29 is 13.2 Å². The second-order valence-corrected chi connectivity index (χ2v) is 10.1. The summed E-state index contributed by atoms with van der Waals surface area (Å²) in [7, 11) is -3.56. The SMILES string of the molecule is Cc1ccc(C(=O)Nc2ccc(S(=O)(=O)NCCC3=CCCCC3)cc2)cc1I. The van der Waals surface area contributed by atoms with Crippen molar-refractivity contribution in [3.05, 3.63) is 68.8 Å². The van der Waals surface area contributed by atoms with Crippen LogP contribution in [-0.4, -0.2) is 20.9 Å². The summed E-state index contributed by atoms with van der Waals surface area (Å²) in [6, 6.07) is 11.7. The molecular formula is C22H25IN2O3S. The Bertz CT molecular complexity index is 1010. The number of anilines is 1. The van der Waals surface area contributed by atoms with Crippen LogP contribution in [0.2, 0.25) is 0 Å². The number of aryl methyl sites for hydroxylation is 1. The number of hydrogen-bond donors (Lipinski definition) is 2. The Balaban J connectivity index is 1.58. The Morgan fingerprint density at radius 1 is 1.10 bits per heavy atom. The van der Waals surface area contributed by atoms with Crippen molar-refractivity contribution in [3.63, 3.8) is 0 Å². The molecule has 3 rings (SSSR count). The summed E-state index contributed by atoms with van der Waals surface area (Å²) in [5.74, 6) is -0.225. The summed E-state index contributed by atoms with van der Waals surface area (Å²) in [4.78, 5) is 12.6. The lowest BCUT2D eigenvalue weighted by Gasteiger charge is -2.13. The van der Waals surface area contributed by atoms with E-state index < -0.39 is 10.0 Å². The number of hydrogen-bond acceptors (Lipinski definition) is 3. The highest BCUT2D eigenvalue weighted by atomic mass is 127. The number of sulfonamides is 1. The number of allylic oxidation sites excluding steroid dienone is 1. The van der Waals surface area contributed by atoms with Gasteiger partial charge in [0.25, 0.3) is 5.91 Å². The third-order valence-electron chi connectivity index (χ3n) is 4.98. The fourth-order valence-corrected chi connectivity index (χ4v) is 4.76. The molecule has 0 aromatic heterocycles. The molecule has 0 saturated heterocycles. The fraction of sp³-hybridized carbons (Fsp3) is 0.318. The first kappa shape index (κ1) is 22.0. The largest absolute Gasteiger partial charge is 0.322 e. The predicted molar refractivity (Wildman–Crippen MR) is 125 cm³/mol. The van der Waals surface area contributed by atoms with Crippen LogP contribution in [0.5, 0.6) is 0 Å². The van der Waals surface area contributed by atoms with E-state index in [0.29, 0.717) is 17.8 Å². The van der Waals surface area contributed by atoms with Crippen LogP contribution in [-0.2, 0) is 10.0 Å². The molecule has 0 radical (unpaired) electrons. The zero-order chi connectivity index (χ0) is 20.9. The van der Waals surface area contributed by atoms with Crippen LogP contribution in [0.15, 0.2) is 59.0 Å². The second-order valence-electron chi connectivity index (χ2n) is 7.20. The molecule has 0 heterocycles. The van der Waals surface area contributed by atoms with E-state index in [4.69, 9.17) is 0 Å². The monoisotopic (exact) mass is 524 g/mol. The molecule has 0 spiro atoms. The molecule has 0 saturated carbocycles. The minimum absolute atomic E-state index is 0.193. The van der Waals surface area contributed by atoms with Gasteiger partial charge in [-0.3, -0.25) is 4.79 Å². The third kappa shape index (κ3) is 6.13. The highest BCUT2D eigenvalue weighted by molar-refractivity contribution is 14.1. The van der Waals surface area contributed by atoms with Gasteiger partial charge in [-0.05, 0) is 104 Å². The van der Waals surface area contributed by atoms with Crippen LogP contribution in [0, 0.1) is 10.5 Å². The minimum Gasteiger partial charge on any atom is -0.322 e. The molecule has 0 fully saturated rings. The summed E-state index contributed by atoms with van der Waals surface area (Å²) < 4.78 is 28.6. The van der Waals surface area contributed by atoms with Gasteiger partial charge < -0.3 is 5.32 Å². The third-order valence-corrected chi connectivity index (χ3v) is 7.62. The topological polar surface area (TPSA) is 75.3 Å². The Morgan fingerprint density at radius 2 is 1.86 bits per heavy atom. The van der Waals surface area contributed by atoms with Crippen LogP contribution in [0.1, 0.15) is 48.0 Å². The van der Waals surface area contributed by atoms with Crippen molar-refractivity contribution in [1.82, 2.24) is 4.72 Å². The van der Waals surface area contributed by atoms with Gasteiger partial charge in [-0.25, -0.2) is 13.1 Å². The Labute approximate surface area is 186 Å². The molecule has 29 heavy (non-hydrogen) atoms. The summed E-state index contributed by atoms with van der Waals surface area (Å²) >= 11 is 2.20. The Morgan fingerprint density at radius 3 is 2.52 bits per heavy atom. The van der Waals surface area contributed by atoms with Gasteiger partial charge in [0.15, 0.2) is 0 Å². The van der Waals surface area contributed by atoms with E-state index in [-0.39, 0.29) is 10.8 Å². The number of rotatable bonds is 7. The highest BCUT2D eigenvalue weighted by Gasteiger charge is 2.15. The molecule has 1 aliphatic carbocycles. The molecule has 1 amide bonds. The van der Waals surface area contributed by atoms with Crippen molar-refractivity contribution in [2.45, 2.75) is 43.9 Å². The Hall–Kier alpha value is -1.71. The number of benzene rings is 2. The quantitative estimate of drug-likeness (QED) is 0.395. The molecule has 7 heteroatoms. The van der Waals surface area contributed by atoms with E-state index in [1.165, 1.54) is 30.5 Å². The molecule has 2 aromatic rings. The number of carbonyl (C=O) groups is 1. The van der Waals surface area contributed by atoms with Crippen molar-refractivity contribution in [1.29, 1.82) is 0 Å². The predicted octanol–water partition coefficient (Wildman–Crippen LogP) is 5.02. The van der Waals surface area contributed by atoms with Gasteiger partial charge >= 0.3 is 0 Å². The average Bonchev–Trinajstić information content (AvgIpc) is 2.71. The molecular weight excluding hydrogens is 499 g/mol. The average molecular weight is 524 g/mol. The number of carbonyl (C=O) groups excluding carboxylic acids is 1. The molecule has 2 N–H and O–H groups in total. The van der Waals surface area contributed by atoms with Crippen LogP contribution in [0.3, 0.4) is 0 Å². The normalized spacial score (nSPS) is 14.3. The second kappa shape index (κ2) is 9.86. The summed E-state index contributed by atoms with van der Waals surface area (Å²) in [6.45, 7) is 2.39. The van der Waals surface area contributed by atoms with Gasteiger partial charge in [0.2, 0.25) is 10.0 Å². The lowest BCUT2D eigenvalue weighted by Crippen LogP contribution is -2.25. The molecule has 2 aromatic carbocycles. The molecule has 0 unspecified atom stereocenters. The maximum atomic E-state index is 12.5. The van der Waals surface area contributed by atoms with Crippen molar-refractivity contribution >= 4 is 44.2 Å². The molecule has 1 aliphatic rings. The minimum atomic E-state index is -3.56. The zero-order valence-electron chi connectivity index (χ0n) is 16.4. The van der Waals surface area contributed by atoms with Gasteiger partial charge in [-0.2, -0.15) is 0 Å². The van der Waals surface area contributed by atoms with Crippen LogP contribution < -0.4 is 10.0 Å². The maximum Gasteiger partial charge on any atom is 0.255 e. The first-order chi connectivity index (χ1) is 13.8.